The molecule has 1 fully saturated rings. The van der Waals surface area contributed by atoms with E-state index < -0.39 is 0 Å². The monoisotopic (exact) mass is 171 g/mol. The van der Waals surface area contributed by atoms with Gasteiger partial charge in [0.25, 0.3) is 0 Å². The molecule has 72 valence electrons. The van der Waals surface area contributed by atoms with Gasteiger partial charge in [0.2, 0.25) is 0 Å². The predicted molar refractivity (Wildman–Crippen MR) is 51.1 cm³/mol. The van der Waals surface area contributed by atoms with Crippen molar-refractivity contribution in [2.24, 2.45) is 11.8 Å². The molecule has 12 heavy (non-hydrogen) atoms. The highest BCUT2D eigenvalue weighted by Gasteiger charge is 2.37. The first kappa shape index (κ1) is 10.0. The van der Waals surface area contributed by atoms with E-state index in [4.69, 9.17) is 5.11 Å². The fourth-order valence-electron chi connectivity index (χ4n) is 1.45. The second-order valence-electron chi connectivity index (χ2n) is 4.66. The smallest absolute Gasteiger partial charge is 0.0468 e. The quantitative estimate of drug-likeness (QED) is 0.655. The van der Waals surface area contributed by atoms with Crippen LogP contribution in [0.25, 0.3) is 0 Å². The van der Waals surface area contributed by atoms with Crippen LogP contribution in [0, 0.1) is 11.8 Å². The number of rotatable bonds is 5. The van der Waals surface area contributed by atoms with E-state index in [1.54, 1.807) is 0 Å². The third-order valence-electron chi connectivity index (χ3n) is 2.82. The average molecular weight is 171 g/mol. The van der Waals surface area contributed by atoms with Gasteiger partial charge in [-0.25, -0.2) is 0 Å². The van der Waals surface area contributed by atoms with Crippen molar-refractivity contribution in [2.75, 3.05) is 13.2 Å². The predicted octanol–water partition coefficient (Wildman–Crippen LogP) is 1.39. The van der Waals surface area contributed by atoms with Crippen LogP contribution < -0.4 is 5.32 Å². The number of aliphatic hydroxyl groups is 1. The molecule has 2 N–H and O–H groups in total. The SMILES string of the molecule is CC(CO)CNC(C)(C)C1CC1. The van der Waals surface area contributed by atoms with Gasteiger partial charge in [0.05, 0.1) is 0 Å². The summed E-state index contributed by atoms with van der Waals surface area (Å²) in [5.74, 6) is 1.24. The van der Waals surface area contributed by atoms with E-state index >= 15 is 0 Å². The number of aliphatic hydroxyl groups excluding tert-OH is 1. The second kappa shape index (κ2) is 3.75. The van der Waals surface area contributed by atoms with E-state index in [1.807, 2.05) is 0 Å². The Bertz CT molecular complexity index is 141. The van der Waals surface area contributed by atoms with Crippen LogP contribution in [-0.4, -0.2) is 23.8 Å². The molecule has 1 aliphatic rings. The lowest BCUT2D eigenvalue weighted by molar-refractivity contribution is 0.216. The van der Waals surface area contributed by atoms with Gasteiger partial charge < -0.3 is 10.4 Å². The molecule has 0 aliphatic heterocycles. The number of hydrogen-bond acceptors (Lipinski definition) is 2. The Balaban J connectivity index is 2.20. The summed E-state index contributed by atoms with van der Waals surface area (Å²) in [5, 5.41) is 12.4. The molecule has 0 heterocycles. The summed E-state index contributed by atoms with van der Waals surface area (Å²) in [7, 11) is 0. The Morgan fingerprint density at radius 3 is 2.50 bits per heavy atom. The Morgan fingerprint density at radius 1 is 1.50 bits per heavy atom. The van der Waals surface area contributed by atoms with Gasteiger partial charge in [0.1, 0.15) is 0 Å². The maximum atomic E-state index is 8.85. The van der Waals surface area contributed by atoms with Gasteiger partial charge in [-0.15, -0.1) is 0 Å². The first-order valence-electron chi connectivity index (χ1n) is 4.92. The van der Waals surface area contributed by atoms with Crippen molar-refractivity contribution < 1.29 is 5.11 Å². The van der Waals surface area contributed by atoms with Crippen LogP contribution in [-0.2, 0) is 0 Å². The maximum Gasteiger partial charge on any atom is 0.0468 e. The van der Waals surface area contributed by atoms with Crippen molar-refractivity contribution in [3.05, 3.63) is 0 Å². The van der Waals surface area contributed by atoms with Crippen molar-refractivity contribution in [3.63, 3.8) is 0 Å². The zero-order valence-corrected chi connectivity index (χ0v) is 8.43. The van der Waals surface area contributed by atoms with Gasteiger partial charge in [-0.1, -0.05) is 6.92 Å². The molecule has 0 radical (unpaired) electrons. The molecule has 1 rings (SSSR count). The Morgan fingerprint density at radius 2 is 2.08 bits per heavy atom. The molecule has 2 heteroatoms. The lowest BCUT2D eigenvalue weighted by atomic mass is 9.98. The summed E-state index contributed by atoms with van der Waals surface area (Å²) in [6, 6.07) is 0. The molecular weight excluding hydrogens is 150 g/mol. The van der Waals surface area contributed by atoms with Crippen molar-refractivity contribution in [2.45, 2.75) is 39.2 Å². The molecule has 0 spiro atoms. The molecular formula is C10H21NO. The van der Waals surface area contributed by atoms with Crippen LogP contribution in [0.3, 0.4) is 0 Å². The lowest BCUT2D eigenvalue weighted by Crippen LogP contribution is -2.43. The van der Waals surface area contributed by atoms with Gasteiger partial charge in [-0.05, 0) is 38.5 Å². The summed E-state index contributed by atoms with van der Waals surface area (Å²) in [6.07, 6.45) is 2.74. The summed E-state index contributed by atoms with van der Waals surface area (Å²) < 4.78 is 0. The third kappa shape index (κ3) is 2.76. The van der Waals surface area contributed by atoms with Gasteiger partial charge in [-0.3, -0.25) is 0 Å². The number of hydrogen-bond donors (Lipinski definition) is 2. The minimum absolute atomic E-state index is 0.281. The van der Waals surface area contributed by atoms with Crippen molar-refractivity contribution in [3.8, 4) is 0 Å². The van der Waals surface area contributed by atoms with Crippen LogP contribution in [0.4, 0.5) is 0 Å². The van der Waals surface area contributed by atoms with Gasteiger partial charge in [0.15, 0.2) is 0 Å². The van der Waals surface area contributed by atoms with Crippen LogP contribution >= 0.6 is 0 Å². The zero-order chi connectivity index (χ0) is 9.19. The molecule has 1 atom stereocenters. The largest absolute Gasteiger partial charge is 0.396 e. The van der Waals surface area contributed by atoms with E-state index in [0.29, 0.717) is 5.92 Å². The van der Waals surface area contributed by atoms with E-state index in [9.17, 15) is 0 Å². The lowest BCUT2D eigenvalue weighted by Gasteiger charge is -2.27. The minimum Gasteiger partial charge on any atom is -0.396 e. The normalized spacial score (nSPS) is 21.0. The van der Waals surface area contributed by atoms with E-state index in [2.05, 4.69) is 26.1 Å². The first-order valence-corrected chi connectivity index (χ1v) is 4.92. The first-order chi connectivity index (χ1) is 5.56. The molecule has 2 nitrogen and oxygen atoms in total. The Labute approximate surface area is 75.4 Å². The van der Waals surface area contributed by atoms with Crippen LogP contribution in [0.2, 0.25) is 0 Å². The van der Waals surface area contributed by atoms with Gasteiger partial charge in [0, 0.05) is 18.7 Å². The van der Waals surface area contributed by atoms with Gasteiger partial charge in [-0.2, -0.15) is 0 Å². The molecule has 0 aromatic rings. The minimum atomic E-state index is 0.281. The Hall–Kier alpha value is -0.0800. The summed E-state index contributed by atoms with van der Waals surface area (Å²) >= 11 is 0. The molecule has 0 bridgehead atoms. The van der Waals surface area contributed by atoms with Crippen molar-refractivity contribution >= 4 is 0 Å². The molecule has 0 aromatic carbocycles. The molecule has 0 aromatic heterocycles. The molecule has 1 unspecified atom stereocenters. The fraction of sp³-hybridized carbons (Fsp3) is 1.00. The highest BCUT2D eigenvalue weighted by Crippen LogP contribution is 2.39. The zero-order valence-electron chi connectivity index (χ0n) is 8.43. The second-order valence-corrected chi connectivity index (χ2v) is 4.66. The molecule has 0 saturated heterocycles. The summed E-state index contributed by atoms with van der Waals surface area (Å²) in [4.78, 5) is 0. The highest BCUT2D eigenvalue weighted by molar-refractivity contribution is 4.94. The van der Waals surface area contributed by atoms with E-state index in [0.717, 1.165) is 12.5 Å². The molecule has 1 aliphatic carbocycles. The Kier molecular flexibility index (Phi) is 3.13. The van der Waals surface area contributed by atoms with E-state index in [-0.39, 0.29) is 12.1 Å². The van der Waals surface area contributed by atoms with Crippen molar-refractivity contribution in [1.29, 1.82) is 0 Å². The van der Waals surface area contributed by atoms with Crippen LogP contribution in [0.5, 0.6) is 0 Å². The van der Waals surface area contributed by atoms with Crippen LogP contribution in [0.15, 0.2) is 0 Å². The van der Waals surface area contributed by atoms with Crippen LogP contribution in [0.1, 0.15) is 33.6 Å². The number of nitrogens with one attached hydrogen (secondary N) is 1. The third-order valence-corrected chi connectivity index (χ3v) is 2.82. The summed E-state index contributed by atoms with van der Waals surface area (Å²) in [5.41, 5.74) is 0.281. The standard InChI is InChI=1S/C10H21NO/c1-8(7-12)6-11-10(2,3)9-4-5-9/h8-9,11-12H,4-7H2,1-3H3. The molecule has 0 amide bonds. The average Bonchev–Trinajstić information content (AvgIpc) is 2.82. The van der Waals surface area contributed by atoms with E-state index in [1.165, 1.54) is 12.8 Å². The fourth-order valence-corrected chi connectivity index (χ4v) is 1.45. The molecule has 1 saturated carbocycles. The summed E-state index contributed by atoms with van der Waals surface area (Å²) in [6.45, 7) is 7.80. The topological polar surface area (TPSA) is 32.3 Å². The van der Waals surface area contributed by atoms with Gasteiger partial charge >= 0.3 is 0 Å². The highest BCUT2D eigenvalue weighted by atomic mass is 16.3. The van der Waals surface area contributed by atoms with Crippen molar-refractivity contribution in [1.82, 2.24) is 5.32 Å². The maximum absolute atomic E-state index is 8.85.